The molecule has 1 heterocycles. The van der Waals surface area contributed by atoms with Crippen LogP contribution >= 0.6 is 11.8 Å². The van der Waals surface area contributed by atoms with Crippen molar-refractivity contribution in [1.82, 2.24) is 0 Å². The SMILES string of the molecule is NCCCSCc1ccc2oc(C(=O)O)cc2c1. The van der Waals surface area contributed by atoms with Crippen LogP contribution in [0.4, 0.5) is 0 Å². The molecule has 0 atom stereocenters. The van der Waals surface area contributed by atoms with Gasteiger partial charge in [-0.3, -0.25) is 0 Å². The number of rotatable bonds is 6. The van der Waals surface area contributed by atoms with Crippen LogP contribution in [0, 0.1) is 0 Å². The summed E-state index contributed by atoms with van der Waals surface area (Å²) in [6, 6.07) is 7.32. The number of nitrogens with two attached hydrogens (primary N) is 1. The lowest BCUT2D eigenvalue weighted by molar-refractivity contribution is 0.0665. The zero-order valence-electron chi connectivity index (χ0n) is 9.89. The van der Waals surface area contributed by atoms with Crippen molar-refractivity contribution in [1.29, 1.82) is 0 Å². The van der Waals surface area contributed by atoms with Crippen LogP contribution in [0.1, 0.15) is 22.5 Å². The second kappa shape index (κ2) is 5.93. The van der Waals surface area contributed by atoms with E-state index in [-0.39, 0.29) is 5.76 Å². The van der Waals surface area contributed by atoms with Crippen LogP contribution in [0.3, 0.4) is 0 Å². The molecule has 2 aromatic rings. The van der Waals surface area contributed by atoms with E-state index < -0.39 is 5.97 Å². The Balaban J connectivity index is 2.09. The predicted molar refractivity (Wildman–Crippen MR) is 73.0 cm³/mol. The molecule has 0 unspecified atom stereocenters. The molecule has 0 spiro atoms. The van der Waals surface area contributed by atoms with Crippen LogP contribution in [-0.2, 0) is 5.75 Å². The van der Waals surface area contributed by atoms with Gasteiger partial charge in [0.25, 0.3) is 0 Å². The van der Waals surface area contributed by atoms with Crippen molar-refractivity contribution in [2.45, 2.75) is 12.2 Å². The van der Waals surface area contributed by atoms with E-state index in [0.29, 0.717) is 5.58 Å². The first kappa shape index (κ1) is 13.0. The van der Waals surface area contributed by atoms with E-state index >= 15 is 0 Å². The standard InChI is InChI=1S/C13H15NO3S/c14-4-1-5-18-8-9-2-3-11-10(6-9)7-12(17-11)13(15)16/h2-3,6-7H,1,4-5,8,14H2,(H,15,16). The molecule has 4 nitrogen and oxygen atoms in total. The number of aromatic carboxylic acids is 1. The average Bonchev–Trinajstić information content (AvgIpc) is 2.78. The molecule has 0 bridgehead atoms. The number of carboxylic acids is 1. The summed E-state index contributed by atoms with van der Waals surface area (Å²) < 4.78 is 5.20. The fraction of sp³-hybridized carbons (Fsp3) is 0.308. The zero-order chi connectivity index (χ0) is 13.0. The topological polar surface area (TPSA) is 76.5 Å². The number of hydrogen-bond acceptors (Lipinski definition) is 4. The highest BCUT2D eigenvalue weighted by molar-refractivity contribution is 7.98. The number of carbonyl (C=O) groups is 1. The summed E-state index contributed by atoms with van der Waals surface area (Å²) >= 11 is 1.83. The van der Waals surface area contributed by atoms with E-state index in [1.54, 1.807) is 6.07 Å². The molecule has 1 aromatic carbocycles. The van der Waals surface area contributed by atoms with Crippen LogP contribution in [0.5, 0.6) is 0 Å². The van der Waals surface area contributed by atoms with E-state index in [1.807, 2.05) is 30.0 Å². The van der Waals surface area contributed by atoms with Gasteiger partial charge in [0.2, 0.25) is 5.76 Å². The minimum Gasteiger partial charge on any atom is -0.475 e. The van der Waals surface area contributed by atoms with Crippen molar-refractivity contribution in [2.75, 3.05) is 12.3 Å². The summed E-state index contributed by atoms with van der Waals surface area (Å²) in [5.41, 5.74) is 7.21. The van der Waals surface area contributed by atoms with E-state index in [4.69, 9.17) is 15.3 Å². The second-order valence-corrected chi connectivity index (χ2v) is 5.09. The smallest absolute Gasteiger partial charge is 0.371 e. The molecular formula is C13H15NO3S. The van der Waals surface area contributed by atoms with Gasteiger partial charge < -0.3 is 15.3 Å². The summed E-state index contributed by atoms with van der Waals surface area (Å²) in [6.45, 7) is 0.718. The highest BCUT2D eigenvalue weighted by Crippen LogP contribution is 2.23. The molecule has 0 amide bonds. The first-order valence-corrected chi connectivity index (χ1v) is 6.90. The van der Waals surface area contributed by atoms with Crippen molar-refractivity contribution in [3.63, 3.8) is 0 Å². The first-order chi connectivity index (χ1) is 8.70. The third-order valence-corrected chi connectivity index (χ3v) is 3.67. The van der Waals surface area contributed by atoms with Gasteiger partial charge in [-0.25, -0.2) is 4.79 Å². The van der Waals surface area contributed by atoms with Crippen LogP contribution in [0.25, 0.3) is 11.0 Å². The van der Waals surface area contributed by atoms with Gasteiger partial charge in [-0.05, 0) is 42.5 Å². The molecular weight excluding hydrogens is 250 g/mol. The number of hydrogen-bond donors (Lipinski definition) is 2. The Morgan fingerprint density at radius 3 is 2.94 bits per heavy atom. The molecule has 18 heavy (non-hydrogen) atoms. The largest absolute Gasteiger partial charge is 0.475 e. The Kier molecular flexibility index (Phi) is 4.28. The van der Waals surface area contributed by atoms with Gasteiger partial charge in [0, 0.05) is 11.1 Å². The maximum absolute atomic E-state index is 10.8. The Morgan fingerprint density at radius 1 is 1.39 bits per heavy atom. The normalized spacial score (nSPS) is 10.9. The summed E-state index contributed by atoms with van der Waals surface area (Å²) in [5, 5.41) is 9.68. The summed E-state index contributed by atoms with van der Waals surface area (Å²) in [7, 11) is 0. The quantitative estimate of drug-likeness (QED) is 0.785. The zero-order valence-corrected chi connectivity index (χ0v) is 10.7. The maximum Gasteiger partial charge on any atom is 0.371 e. The van der Waals surface area contributed by atoms with Crippen molar-refractivity contribution < 1.29 is 14.3 Å². The molecule has 5 heteroatoms. The Bertz CT molecular complexity index is 550. The van der Waals surface area contributed by atoms with Gasteiger partial charge in [0.15, 0.2) is 0 Å². The lowest BCUT2D eigenvalue weighted by atomic mass is 10.2. The van der Waals surface area contributed by atoms with Gasteiger partial charge in [0.05, 0.1) is 0 Å². The number of furan rings is 1. The lowest BCUT2D eigenvalue weighted by Gasteiger charge is -2.00. The van der Waals surface area contributed by atoms with Gasteiger partial charge in [-0.2, -0.15) is 11.8 Å². The molecule has 3 N–H and O–H groups in total. The molecule has 0 fully saturated rings. The average molecular weight is 265 g/mol. The highest BCUT2D eigenvalue weighted by atomic mass is 32.2. The van der Waals surface area contributed by atoms with Crippen LogP contribution < -0.4 is 5.73 Å². The molecule has 0 saturated heterocycles. The third kappa shape index (κ3) is 3.05. The molecule has 0 aliphatic heterocycles. The van der Waals surface area contributed by atoms with E-state index in [1.165, 1.54) is 5.56 Å². The minimum absolute atomic E-state index is 0.0158. The molecule has 96 valence electrons. The number of carboxylic acid groups (broad SMARTS) is 1. The van der Waals surface area contributed by atoms with Gasteiger partial charge in [0.1, 0.15) is 5.58 Å². The number of fused-ring (bicyclic) bond motifs is 1. The van der Waals surface area contributed by atoms with E-state index in [2.05, 4.69) is 0 Å². The Labute approximate surface area is 109 Å². The third-order valence-electron chi connectivity index (χ3n) is 2.55. The monoisotopic (exact) mass is 265 g/mol. The van der Waals surface area contributed by atoms with Crippen molar-refractivity contribution >= 4 is 28.7 Å². The Hall–Kier alpha value is -1.46. The number of benzene rings is 1. The summed E-state index contributed by atoms with van der Waals surface area (Å²) in [4.78, 5) is 10.8. The van der Waals surface area contributed by atoms with E-state index in [0.717, 1.165) is 29.9 Å². The van der Waals surface area contributed by atoms with Crippen molar-refractivity contribution in [3.8, 4) is 0 Å². The predicted octanol–water partition coefficient (Wildman–Crippen LogP) is 2.71. The fourth-order valence-corrected chi connectivity index (χ4v) is 2.59. The van der Waals surface area contributed by atoms with Crippen LogP contribution in [0.15, 0.2) is 28.7 Å². The molecule has 0 aliphatic carbocycles. The molecule has 1 aromatic heterocycles. The summed E-state index contributed by atoms with van der Waals surface area (Å²) in [5.74, 6) is 0.895. The lowest BCUT2D eigenvalue weighted by Crippen LogP contribution is -1.99. The molecule has 2 rings (SSSR count). The second-order valence-electron chi connectivity index (χ2n) is 3.98. The molecule has 0 radical (unpaired) electrons. The van der Waals surface area contributed by atoms with Crippen molar-refractivity contribution in [2.24, 2.45) is 5.73 Å². The van der Waals surface area contributed by atoms with E-state index in [9.17, 15) is 4.79 Å². The summed E-state index contributed by atoms with van der Waals surface area (Å²) in [6.07, 6.45) is 1.02. The van der Waals surface area contributed by atoms with Gasteiger partial charge in [-0.1, -0.05) is 6.07 Å². The first-order valence-electron chi connectivity index (χ1n) is 5.74. The number of thioether (sulfide) groups is 1. The minimum atomic E-state index is -1.04. The van der Waals surface area contributed by atoms with Gasteiger partial charge in [-0.15, -0.1) is 0 Å². The maximum atomic E-state index is 10.8. The Morgan fingerprint density at radius 2 is 2.22 bits per heavy atom. The molecule has 0 aliphatic rings. The fourth-order valence-electron chi connectivity index (χ4n) is 1.66. The van der Waals surface area contributed by atoms with Crippen LogP contribution in [-0.4, -0.2) is 23.4 Å². The van der Waals surface area contributed by atoms with Crippen LogP contribution in [0.2, 0.25) is 0 Å². The van der Waals surface area contributed by atoms with Gasteiger partial charge >= 0.3 is 5.97 Å². The highest BCUT2D eigenvalue weighted by Gasteiger charge is 2.10. The van der Waals surface area contributed by atoms with Crippen molar-refractivity contribution in [3.05, 3.63) is 35.6 Å². The molecule has 0 saturated carbocycles.